The fourth-order valence-electron chi connectivity index (χ4n) is 3.26. The standard InChI is InChI=1S/C23H14ClF3N2O3/c24-17-10-8-15(9-11-17)22(31)32-28-20-18-6-1-2-7-19(18)29(21(20)30)13-14-4-3-5-16(12-14)23(25,26)27/h1-12H,13H2/b28-20+. The van der Waals surface area contributed by atoms with Crippen molar-refractivity contribution in [3.05, 3.63) is 100 Å². The summed E-state index contributed by atoms with van der Waals surface area (Å²) in [5, 5.41) is 4.20. The molecular weight excluding hydrogens is 445 g/mol. The molecule has 0 N–H and O–H groups in total. The highest BCUT2D eigenvalue weighted by molar-refractivity contribution is 6.54. The third-order valence-corrected chi connectivity index (χ3v) is 5.04. The van der Waals surface area contributed by atoms with E-state index in [1.54, 1.807) is 24.3 Å². The number of para-hydroxylation sites is 1. The number of carbonyl (C=O) groups is 2. The van der Waals surface area contributed by atoms with Crippen molar-refractivity contribution in [2.24, 2.45) is 5.16 Å². The first-order valence-corrected chi connectivity index (χ1v) is 9.74. The number of oxime groups is 1. The average Bonchev–Trinajstić information content (AvgIpc) is 3.03. The van der Waals surface area contributed by atoms with Gasteiger partial charge in [-0.1, -0.05) is 47.1 Å². The summed E-state index contributed by atoms with van der Waals surface area (Å²) in [5.41, 5.74) is 0.431. The quantitative estimate of drug-likeness (QED) is 0.385. The van der Waals surface area contributed by atoms with Crippen molar-refractivity contribution in [3.8, 4) is 0 Å². The predicted octanol–water partition coefficient (Wildman–Crippen LogP) is 5.47. The van der Waals surface area contributed by atoms with Gasteiger partial charge >= 0.3 is 12.1 Å². The molecule has 1 amide bonds. The molecule has 0 aliphatic carbocycles. The van der Waals surface area contributed by atoms with Crippen molar-refractivity contribution in [1.82, 2.24) is 0 Å². The molecule has 0 fully saturated rings. The van der Waals surface area contributed by atoms with Gasteiger partial charge in [-0.15, -0.1) is 0 Å². The lowest BCUT2D eigenvalue weighted by atomic mass is 10.1. The molecule has 0 spiro atoms. The lowest BCUT2D eigenvalue weighted by Gasteiger charge is -2.17. The van der Waals surface area contributed by atoms with Crippen LogP contribution in [0.1, 0.15) is 27.0 Å². The van der Waals surface area contributed by atoms with E-state index in [0.29, 0.717) is 21.8 Å². The highest BCUT2D eigenvalue weighted by Crippen LogP contribution is 2.33. The van der Waals surface area contributed by atoms with Gasteiger partial charge < -0.3 is 9.74 Å². The second-order valence-corrected chi connectivity index (χ2v) is 7.37. The number of amides is 1. The molecule has 0 saturated carbocycles. The van der Waals surface area contributed by atoms with Gasteiger partial charge in [0.15, 0.2) is 5.71 Å². The number of anilines is 1. The Morgan fingerprint density at radius 1 is 1.00 bits per heavy atom. The van der Waals surface area contributed by atoms with Gasteiger partial charge in [0, 0.05) is 10.6 Å². The summed E-state index contributed by atoms with van der Waals surface area (Å²) in [6.45, 7) is -0.107. The van der Waals surface area contributed by atoms with Gasteiger partial charge in [-0.25, -0.2) is 4.79 Å². The molecule has 162 valence electrons. The third kappa shape index (κ3) is 4.36. The molecule has 0 unspecified atom stereocenters. The van der Waals surface area contributed by atoms with Crippen LogP contribution in [-0.4, -0.2) is 17.6 Å². The molecule has 5 nitrogen and oxygen atoms in total. The van der Waals surface area contributed by atoms with Gasteiger partial charge in [0.25, 0.3) is 5.91 Å². The number of halogens is 4. The normalized spacial score (nSPS) is 14.6. The number of rotatable bonds is 4. The first-order valence-electron chi connectivity index (χ1n) is 9.36. The van der Waals surface area contributed by atoms with E-state index in [9.17, 15) is 22.8 Å². The Balaban J connectivity index is 1.60. The van der Waals surface area contributed by atoms with Gasteiger partial charge in [0.1, 0.15) is 0 Å². The number of hydrogen-bond donors (Lipinski definition) is 0. The van der Waals surface area contributed by atoms with Crippen LogP contribution in [0.4, 0.5) is 18.9 Å². The highest BCUT2D eigenvalue weighted by Gasteiger charge is 2.35. The number of carbonyl (C=O) groups excluding carboxylic acids is 2. The van der Waals surface area contributed by atoms with Crippen LogP contribution in [0.2, 0.25) is 5.02 Å². The van der Waals surface area contributed by atoms with Crippen molar-refractivity contribution >= 4 is 34.9 Å². The first-order chi connectivity index (χ1) is 15.2. The number of benzene rings is 3. The molecule has 32 heavy (non-hydrogen) atoms. The number of hydrogen-bond acceptors (Lipinski definition) is 4. The van der Waals surface area contributed by atoms with Crippen LogP contribution < -0.4 is 4.90 Å². The van der Waals surface area contributed by atoms with E-state index in [-0.39, 0.29) is 17.8 Å². The molecule has 0 saturated heterocycles. The predicted molar refractivity (Wildman–Crippen MR) is 112 cm³/mol. The maximum Gasteiger partial charge on any atom is 0.416 e. The summed E-state index contributed by atoms with van der Waals surface area (Å²) in [6.07, 6.45) is -4.49. The van der Waals surface area contributed by atoms with E-state index in [1.807, 2.05) is 0 Å². The van der Waals surface area contributed by atoms with Gasteiger partial charge in [0.05, 0.1) is 23.4 Å². The van der Waals surface area contributed by atoms with Crippen molar-refractivity contribution in [2.75, 3.05) is 4.90 Å². The van der Waals surface area contributed by atoms with Crippen LogP contribution in [0.3, 0.4) is 0 Å². The molecule has 1 aliphatic rings. The Morgan fingerprint density at radius 3 is 2.44 bits per heavy atom. The summed E-state index contributed by atoms with van der Waals surface area (Å²) >= 11 is 5.80. The fourth-order valence-corrected chi connectivity index (χ4v) is 3.39. The zero-order valence-corrected chi connectivity index (χ0v) is 17.0. The monoisotopic (exact) mass is 458 g/mol. The van der Waals surface area contributed by atoms with Gasteiger partial charge in [0.2, 0.25) is 0 Å². The van der Waals surface area contributed by atoms with E-state index >= 15 is 0 Å². The highest BCUT2D eigenvalue weighted by atomic mass is 35.5. The number of fused-ring (bicyclic) bond motifs is 1. The largest absolute Gasteiger partial charge is 0.416 e. The van der Waals surface area contributed by atoms with E-state index in [1.165, 1.54) is 41.3 Å². The second kappa shape index (κ2) is 8.47. The minimum atomic E-state index is -4.49. The minimum absolute atomic E-state index is 0.107. The molecule has 1 heterocycles. The third-order valence-electron chi connectivity index (χ3n) is 4.79. The van der Waals surface area contributed by atoms with E-state index in [4.69, 9.17) is 16.4 Å². The smallest absolute Gasteiger partial charge is 0.312 e. The zero-order chi connectivity index (χ0) is 22.9. The minimum Gasteiger partial charge on any atom is -0.312 e. The summed E-state index contributed by atoms with van der Waals surface area (Å²) in [6, 6.07) is 17.3. The summed E-state index contributed by atoms with van der Waals surface area (Å²) in [5.74, 6) is -1.37. The van der Waals surface area contributed by atoms with Gasteiger partial charge in [-0.3, -0.25) is 4.79 Å². The molecule has 3 aromatic rings. The van der Waals surface area contributed by atoms with E-state index in [0.717, 1.165) is 12.1 Å². The Morgan fingerprint density at radius 2 is 1.72 bits per heavy atom. The van der Waals surface area contributed by atoms with Crippen LogP contribution >= 0.6 is 11.6 Å². The van der Waals surface area contributed by atoms with E-state index in [2.05, 4.69) is 5.16 Å². The topological polar surface area (TPSA) is 59.0 Å². The van der Waals surface area contributed by atoms with Crippen molar-refractivity contribution in [2.45, 2.75) is 12.7 Å². The molecule has 0 atom stereocenters. The van der Waals surface area contributed by atoms with Crippen LogP contribution in [0.25, 0.3) is 0 Å². The van der Waals surface area contributed by atoms with Crippen molar-refractivity contribution < 1.29 is 27.6 Å². The lowest BCUT2D eigenvalue weighted by molar-refractivity contribution is -0.137. The molecular formula is C23H14ClF3N2O3. The maximum atomic E-state index is 13.0. The van der Waals surface area contributed by atoms with Crippen molar-refractivity contribution in [3.63, 3.8) is 0 Å². The van der Waals surface area contributed by atoms with E-state index < -0.39 is 23.6 Å². The van der Waals surface area contributed by atoms with Crippen LogP contribution in [0.15, 0.2) is 78.0 Å². The second-order valence-electron chi connectivity index (χ2n) is 6.93. The molecule has 0 aromatic heterocycles. The Bertz CT molecular complexity index is 1220. The Hall–Kier alpha value is -3.65. The molecule has 1 aliphatic heterocycles. The summed E-state index contributed by atoms with van der Waals surface area (Å²) in [7, 11) is 0. The number of alkyl halides is 3. The van der Waals surface area contributed by atoms with Crippen molar-refractivity contribution in [1.29, 1.82) is 0 Å². The molecule has 9 heteroatoms. The van der Waals surface area contributed by atoms with Gasteiger partial charge in [-0.05, 0) is 48.0 Å². The molecule has 4 rings (SSSR count). The van der Waals surface area contributed by atoms with Crippen LogP contribution in [0.5, 0.6) is 0 Å². The fraction of sp³-hybridized carbons (Fsp3) is 0.0870. The molecule has 3 aromatic carbocycles. The first kappa shape index (κ1) is 21.6. The SMILES string of the molecule is O=C(O/N=C1/C(=O)N(Cc2cccc(C(F)(F)F)c2)c2ccccc21)c1ccc(Cl)cc1. The maximum absolute atomic E-state index is 13.0. The zero-order valence-electron chi connectivity index (χ0n) is 16.3. The average molecular weight is 459 g/mol. The van der Waals surface area contributed by atoms with Gasteiger partial charge in [-0.2, -0.15) is 13.2 Å². The Kier molecular flexibility index (Phi) is 5.71. The Labute approximate surface area is 185 Å². The molecule has 0 radical (unpaired) electrons. The lowest BCUT2D eigenvalue weighted by Crippen LogP contribution is -2.30. The summed E-state index contributed by atoms with van der Waals surface area (Å²) in [4.78, 5) is 31.5. The van der Waals surface area contributed by atoms with Crippen LogP contribution in [-0.2, 0) is 22.4 Å². The summed E-state index contributed by atoms with van der Waals surface area (Å²) < 4.78 is 39.1. The molecule has 0 bridgehead atoms. The number of nitrogens with zero attached hydrogens (tertiary/aromatic N) is 2. The van der Waals surface area contributed by atoms with Crippen LogP contribution in [0, 0.1) is 0 Å².